The summed E-state index contributed by atoms with van der Waals surface area (Å²) < 4.78 is 0. The van der Waals surface area contributed by atoms with Crippen LogP contribution in [0, 0.1) is 0 Å². The Morgan fingerprint density at radius 1 is 1.26 bits per heavy atom. The lowest BCUT2D eigenvalue weighted by Crippen LogP contribution is -2.55. The summed E-state index contributed by atoms with van der Waals surface area (Å²) in [5.41, 5.74) is 9.00. The van der Waals surface area contributed by atoms with Crippen molar-refractivity contribution in [1.29, 1.82) is 0 Å². The number of aromatic amines is 1. The molecule has 0 saturated heterocycles. The van der Waals surface area contributed by atoms with E-state index in [1.807, 2.05) is 23.1 Å². The van der Waals surface area contributed by atoms with E-state index in [9.17, 15) is 4.79 Å². The Labute approximate surface area is 135 Å². The van der Waals surface area contributed by atoms with Crippen LogP contribution in [0.2, 0.25) is 0 Å². The van der Waals surface area contributed by atoms with E-state index in [-0.39, 0.29) is 11.8 Å². The number of carbonyl (C=O) groups excluding carboxylic acids is 1. The van der Waals surface area contributed by atoms with E-state index < -0.39 is 5.54 Å². The monoisotopic (exact) mass is 310 g/mol. The van der Waals surface area contributed by atoms with Crippen LogP contribution in [0.3, 0.4) is 0 Å². The van der Waals surface area contributed by atoms with E-state index in [1.54, 1.807) is 6.33 Å². The number of hydrogen-bond acceptors (Lipinski definition) is 3. The highest BCUT2D eigenvalue weighted by Crippen LogP contribution is 2.35. The summed E-state index contributed by atoms with van der Waals surface area (Å²) in [6.07, 6.45) is 5.42. The number of hydrogen-bond donors (Lipinski definition) is 2. The lowest BCUT2D eigenvalue weighted by molar-refractivity contribution is -0.138. The third kappa shape index (κ3) is 2.45. The van der Waals surface area contributed by atoms with Crippen LogP contribution in [0.5, 0.6) is 0 Å². The molecule has 1 amide bonds. The van der Waals surface area contributed by atoms with E-state index in [1.165, 1.54) is 5.56 Å². The number of benzene rings is 1. The predicted molar refractivity (Wildman–Crippen MR) is 87.7 cm³/mol. The largest absolute Gasteiger partial charge is 0.347 e. The number of nitrogens with two attached hydrogens (primary N) is 1. The Morgan fingerprint density at radius 3 is 2.74 bits per heavy atom. The molecule has 1 aliphatic heterocycles. The maximum absolute atomic E-state index is 13.0. The third-order valence-corrected chi connectivity index (χ3v) is 5.24. The fourth-order valence-corrected chi connectivity index (χ4v) is 3.96. The van der Waals surface area contributed by atoms with Crippen molar-refractivity contribution >= 4 is 5.91 Å². The van der Waals surface area contributed by atoms with Gasteiger partial charge in [0.25, 0.3) is 0 Å². The minimum atomic E-state index is -0.668. The zero-order chi connectivity index (χ0) is 15.9. The van der Waals surface area contributed by atoms with Crippen LogP contribution in [0.1, 0.15) is 48.6 Å². The zero-order valence-electron chi connectivity index (χ0n) is 13.2. The number of nitrogens with one attached hydrogen (secondary N) is 1. The molecule has 1 atom stereocenters. The van der Waals surface area contributed by atoms with Crippen molar-refractivity contribution in [1.82, 2.24) is 14.9 Å². The number of amides is 1. The van der Waals surface area contributed by atoms with Crippen molar-refractivity contribution in [2.24, 2.45) is 5.73 Å². The molecule has 0 spiro atoms. The van der Waals surface area contributed by atoms with E-state index in [2.05, 4.69) is 22.1 Å². The van der Waals surface area contributed by atoms with Gasteiger partial charge in [0.2, 0.25) is 5.91 Å². The van der Waals surface area contributed by atoms with Crippen molar-refractivity contribution in [3.05, 3.63) is 53.6 Å². The lowest BCUT2D eigenvalue weighted by Gasteiger charge is -2.37. The molecule has 1 aromatic heterocycles. The Bertz CT molecular complexity index is 703. The van der Waals surface area contributed by atoms with Gasteiger partial charge in [-0.2, -0.15) is 0 Å². The van der Waals surface area contributed by atoms with Gasteiger partial charge < -0.3 is 15.6 Å². The molecule has 1 fully saturated rings. The molecule has 2 heterocycles. The fraction of sp³-hybridized carbons (Fsp3) is 0.444. The standard InChI is InChI=1S/C18H22N4O/c19-18(8-4-5-9-18)17(23)22-10-14(13-6-2-1-3-7-13)16-15(11-22)20-12-21-16/h1-3,6-7,12,14H,4-5,8-11,19H2,(H,20,21). The summed E-state index contributed by atoms with van der Waals surface area (Å²) in [7, 11) is 0. The first kappa shape index (κ1) is 14.5. The SMILES string of the molecule is NC1(C(=O)N2Cc3[nH]cnc3C(c3ccccc3)C2)CCCC1. The summed E-state index contributed by atoms with van der Waals surface area (Å²) >= 11 is 0. The quantitative estimate of drug-likeness (QED) is 0.892. The Hall–Kier alpha value is -2.14. The Balaban J connectivity index is 1.66. The minimum Gasteiger partial charge on any atom is -0.347 e. The zero-order valence-corrected chi connectivity index (χ0v) is 13.2. The smallest absolute Gasteiger partial charge is 0.243 e. The van der Waals surface area contributed by atoms with Gasteiger partial charge in [-0.3, -0.25) is 4.79 Å². The van der Waals surface area contributed by atoms with Crippen molar-refractivity contribution in [3.63, 3.8) is 0 Å². The molecule has 2 aromatic rings. The van der Waals surface area contributed by atoms with Crippen molar-refractivity contribution in [2.75, 3.05) is 6.54 Å². The highest BCUT2D eigenvalue weighted by Gasteiger charge is 2.42. The number of aromatic nitrogens is 2. The van der Waals surface area contributed by atoms with E-state index in [0.29, 0.717) is 13.1 Å². The number of nitrogens with zero attached hydrogens (tertiary/aromatic N) is 2. The van der Waals surface area contributed by atoms with Crippen LogP contribution in [0.15, 0.2) is 36.7 Å². The minimum absolute atomic E-state index is 0.0937. The molecule has 23 heavy (non-hydrogen) atoms. The second-order valence-corrected chi connectivity index (χ2v) is 6.78. The number of imidazole rings is 1. The average molecular weight is 310 g/mol. The summed E-state index contributed by atoms with van der Waals surface area (Å²) in [6, 6.07) is 10.3. The maximum atomic E-state index is 13.0. The van der Waals surface area contributed by atoms with Crippen LogP contribution < -0.4 is 5.73 Å². The maximum Gasteiger partial charge on any atom is 0.243 e. The van der Waals surface area contributed by atoms with E-state index in [0.717, 1.165) is 37.1 Å². The predicted octanol–water partition coefficient (Wildman–Crippen LogP) is 2.16. The van der Waals surface area contributed by atoms with Crippen molar-refractivity contribution < 1.29 is 4.79 Å². The van der Waals surface area contributed by atoms with Gasteiger partial charge >= 0.3 is 0 Å². The van der Waals surface area contributed by atoms with E-state index >= 15 is 0 Å². The van der Waals surface area contributed by atoms with Gasteiger partial charge in [0.15, 0.2) is 0 Å². The van der Waals surface area contributed by atoms with Crippen LogP contribution in [-0.2, 0) is 11.3 Å². The van der Waals surface area contributed by atoms with Gasteiger partial charge in [-0.25, -0.2) is 4.98 Å². The number of fused-ring (bicyclic) bond motifs is 1. The molecule has 3 N–H and O–H groups in total. The Morgan fingerprint density at radius 2 is 2.00 bits per heavy atom. The van der Waals surface area contributed by atoms with Gasteiger partial charge in [-0.05, 0) is 18.4 Å². The molecule has 1 saturated carbocycles. The van der Waals surface area contributed by atoms with Crippen LogP contribution in [0.4, 0.5) is 0 Å². The average Bonchev–Trinajstić information content (AvgIpc) is 3.23. The number of H-pyrrole nitrogens is 1. The van der Waals surface area contributed by atoms with Crippen LogP contribution >= 0.6 is 0 Å². The molecule has 5 nitrogen and oxygen atoms in total. The molecule has 1 unspecified atom stereocenters. The molecule has 2 aliphatic rings. The van der Waals surface area contributed by atoms with E-state index in [4.69, 9.17) is 5.73 Å². The number of rotatable bonds is 2. The molecule has 5 heteroatoms. The molecule has 0 bridgehead atoms. The normalized spacial score (nSPS) is 22.8. The van der Waals surface area contributed by atoms with Crippen LogP contribution in [0.25, 0.3) is 0 Å². The highest BCUT2D eigenvalue weighted by molar-refractivity contribution is 5.86. The number of carbonyl (C=O) groups is 1. The first-order valence-electron chi connectivity index (χ1n) is 8.33. The topological polar surface area (TPSA) is 75.0 Å². The Kier molecular flexibility index (Phi) is 3.45. The fourth-order valence-electron chi connectivity index (χ4n) is 3.96. The van der Waals surface area contributed by atoms with Gasteiger partial charge in [0.1, 0.15) is 0 Å². The molecular formula is C18H22N4O. The molecule has 1 aliphatic carbocycles. The first-order valence-corrected chi connectivity index (χ1v) is 8.33. The molecule has 4 rings (SSSR count). The van der Waals surface area contributed by atoms with Gasteiger partial charge in [-0.1, -0.05) is 43.2 Å². The van der Waals surface area contributed by atoms with Gasteiger partial charge in [0, 0.05) is 12.5 Å². The summed E-state index contributed by atoms with van der Waals surface area (Å²) in [5.74, 6) is 0.205. The molecule has 0 radical (unpaired) electrons. The third-order valence-electron chi connectivity index (χ3n) is 5.24. The summed E-state index contributed by atoms with van der Waals surface area (Å²) in [5, 5.41) is 0. The summed E-state index contributed by atoms with van der Waals surface area (Å²) in [4.78, 5) is 22.6. The molecule has 120 valence electrons. The summed E-state index contributed by atoms with van der Waals surface area (Å²) in [6.45, 7) is 1.23. The van der Waals surface area contributed by atoms with Crippen molar-refractivity contribution in [2.45, 2.75) is 43.7 Å². The lowest BCUT2D eigenvalue weighted by atomic mass is 9.89. The second-order valence-electron chi connectivity index (χ2n) is 6.78. The van der Waals surface area contributed by atoms with Crippen LogP contribution in [-0.4, -0.2) is 32.9 Å². The van der Waals surface area contributed by atoms with Gasteiger partial charge in [0.05, 0.1) is 29.8 Å². The van der Waals surface area contributed by atoms with Crippen molar-refractivity contribution in [3.8, 4) is 0 Å². The molecule has 1 aromatic carbocycles. The first-order chi connectivity index (χ1) is 11.2. The highest BCUT2D eigenvalue weighted by atomic mass is 16.2. The molecular weight excluding hydrogens is 288 g/mol. The second kappa shape index (κ2) is 5.49. The van der Waals surface area contributed by atoms with Gasteiger partial charge in [-0.15, -0.1) is 0 Å².